The van der Waals surface area contributed by atoms with Gasteiger partial charge in [0, 0.05) is 13.2 Å². The number of sulfonamides is 1. The van der Waals surface area contributed by atoms with Crippen molar-refractivity contribution >= 4 is 10.0 Å². The van der Waals surface area contributed by atoms with Crippen LogP contribution in [0.4, 0.5) is 0 Å². The molecule has 2 N–H and O–H groups in total. The molecule has 0 bridgehead atoms. The topological polar surface area (TPSA) is 66.4 Å². The van der Waals surface area contributed by atoms with Crippen LogP contribution in [-0.2, 0) is 10.0 Å². The summed E-state index contributed by atoms with van der Waals surface area (Å²) >= 11 is 0. The minimum absolute atomic E-state index is 0.105. The van der Waals surface area contributed by atoms with Gasteiger partial charge in [-0.25, -0.2) is 13.1 Å². The third-order valence-electron chi connectivity index (χ3n) is 2.47. The molecule has 0 heterocycles. The van der Waals surface area contributed by atoms with E-state index >= 15 is 0 Å². The van der Waals surface area contributed by atoms with Crippen LogP contribution in [0.15, 0.2) is 0 Å². The fourth-order valence-corrected chi connectivity index (χ4v) is 2.78. The van der Waals surface area contributed by atoms with E-state index in [1.165, 1.54) is 0 Å². The molecule has 0 radical (unpaired) electrons. The fraction of sp³-hybridized carbons (Fsp3) is 1.00. The highest BCUT2D eigenvalue weighted by molar-refractivity contribution is 7.89. The SMILES string of the molecule is CCC(C)CS(=O)(=O)NCC(C)CCO. The van der Waals surface area contributed by atoms with Crippen LogP contribution >= 0.6 is 0 Å². The third-order valence-corrected chi connectivity index (χ3v) is 4.09. The van der Waals surface area contributed by atoms with Crippen molar-refractivity contribution in [3.8, 4) is 0 Å². The Kier molecular flexibility index (Phi) is 7.13. The average Bonchev–Trinajstić information content (AvgIpc) is 2.15. The monoisotopic (exact) mass is 237 g/mol. The van der Waals surface area contributed by atoms with Crippen molar-refractivity contribution in [2.45, 2.75) is 33.6 Å². The van der Waals surface area contributed by atoms with Crippen molar-refractivity contribution in [2.24, 2.45) is 11.8 Å². The van der Waals surface area contributed by atoms with Gasteiger partial charge < -0.3 is 5.11 Å². The van der Waals surface area contributed by atoms with E-state index in [1.807, 2.05) is 20.8 Å². The highest BCUT2D eigenvalue weighted by atomic mass is 32.2. The van der Waals surface area contributed by atoms with E-state index in [9.17, 15) is 8.42 Å². The van der Waals surface area contributed by atoms with Gasteiger partial charge in [0.05, 0.1) is 5.75 Å². The van der Waals surface area contributed by atoms with Gasteiger partial charge in [-0.1, -0.05) is 27.2 Å². The Morgan fingerprint density at radius 2 is 1.87 bits per heavy atom. The summed E-state index contributed by atoms with van der Waals surface area (Å²) in [5.41, 5.74) is 0. The van der Waals surface area contributed by atoms with Gasteiger partial charge in [0.2, 0.25) is 10.0 Å². The van der Waals surface area contributed by atoms with Crippen molar-refractivity contribution in [3.05, 3.63) is 0 Å². The molecule has 0 rings (SSSR count). The molecule has 0 aromatic heterocycles. The summed E-state index contributed by atoms with van der Waals surface area (Å²) < 4.78 is 25.6. The first kappa shape index (κ1) is 14.9. The van der Waals surface area contributed by atoms with E-state index < -0.39 is 10.0 Å². The van der Waals surface area contributed by atoms with Crippen LogP contribution < -0.4 is 4.72 Å². The molecule has 4 nitrogen and oxygen atoms in total. The zero-order chi connectivity index (χ0) is 11.9. The van der Waals surface area contributed by atoms with Crippen LogP contribution in [0.2, 0.25) is 0 Å². The molecule has 0 aliphatic carbocycles. The summed E-state index contributed by atoms with van der Waals surface area (Å²) in [5.74, 6) is 0.562. The molecule has 0 aliphatic heterocycles. The Balaban J connectivity index is 3.94. The van der Waals surface area contributed by atoms with Crippen LogP contribution in [0.3, 0.4) is 0 Å². The van der Waals surface area contributed by atoms with Crippen LogP contribution in [-0.4, -0.2) is 32.4 Å². The number of nitrogens with one attached hydrogen (secondary N) is 1. The summed E-state index contributed by atoms with van der Waals surface area (Å²) in [7, 11) is -3.14. The molecule has 5 heteroatoms. The fourth-order valence-electron chi connectivity index (χ4n) is 1.14. The first-order valence-corrected chi connectivity index (χ1v) is 7.14. The normalized spacial score (nSPS) is 16.3. The molecule has 2 atom stereocenters. The van der Waals surface area contributed by atoms with Gasteiger partial charge >= 0.3 is 0 Å². The molecule has 15 heavy (non-hydrogen) atoms. The molecule has 0 amide bonds. The van der Waals surface area contributed by atoms with Crippen molar-refractivity contribution in [3.63, 3.8) is 0 Å². The standard InChI is InChI=1S/C10H23NO3S/c1-4-9(2)8-15(13,14)11-7-10(3)5-6-12/h9-12H,4-8H2,1-3H3. The maximum atomic E-state index is 11.5. The van der Waals surface area contributed by atoms with E-state index in [-0.39, 0.29) is 24.2 Å². The quantitative estimate of drug-likeness (QED) is 0.661. The Morgan fingerprint density at radius 1 is 1.27 bits per heavy atom. The maximum absolute atomic E-state index is 11.5. The Labute approximate surface area is 93.1 Å². The van der Waals surface area contributed by atoms with Crippen LogP contribution in [0.5, 0.6) is 0 Å². The Hall–Kier alpha value is -0.130. The van der Waals surface area contributed by atoms with Gasteiger partial charge in [-0.3, -0.25) is 0 Å². The van der Waals surface area contributed by atoms with Gasteiger partial charge in [-0.15, -0.1) is 0 Å². The summed E-state index contributed by atoms with van der Waals surface area (Å²) in [6.07, 6.45) is 1.50. The summed E-state index contributed by atoms with van der Waals surface area (Å²) in [4.78, 5) is 0. The number of hydrogen-bond acceptors (Lipinski definition) is 3. The van der Waals surface area contributed by atoms with Crippen molar-refractivity contribution in [1.82, 2.24) is 4.72 Å². The van der Waals surface area contributed by atoms with Gasteiger partial charge in [0.25, 0.3) is 0 Å². The minimum Gasteiger partial charge on any atom is -0.396 e. The molecular weight excluding hydrogens is 214 g/mol. The van der Waals surface area contributed by atoms with Crippen LogP contribution in [0, 0.1) is 11.8 Å². The number of hydrogen-bond donors (Lipinski definition) is 2. The second kappa shape index (κ2) is 7.19. The number of aliphatic hydroxyl groups is 1. The largest absolute Gasteiger partial charge is 0.396 e. The number of aliphatic hydroxyl groups excluding tert-OH is 1. The van der Waals surface area contributed by atoms with E-state index in [0.717, 1.165) is 6.42 Å². The maximum Gasteiger partial charge on any atom is 0.211 e. The summed E-state index contributed by atoms with van der Waals surface area (Å²) in [6.45, 7) is 6.35. The predicted octanol–water partition coefficient (Wildman–Crippen LogP) is 0.970. The van der Waals surface area contributed by atoms with E-state index in [0.29, 0.717) is 13.0 Å². The molecular formula is C10H23NO3S. The third kappa shape index (κ3) is 7.76. The zero-order valence-electron chi connectivity index (χ0n) is 9.86. The molecule has 0 aliphatic rings. The molecule has 92 valence electrons. The second-order valence-electron chi connectivity index (χ2n) is 4.26. The van der Waals surface area contributed by atoms with Crippen molar-refractivity contribution in [2.75, 3.05) is 18.9 Å². The Bertz CT molecular complexity index is 251. The minimum atomic E-state index is -3.14. The molecule has 0 fully saturated rings. The van der Waals surface area contributed by atoms with Gasteiger partial charge in [-0.05, 0) is 18.3 Å². The lowest BCUT2D eigenvalue weighted by molar-refractivity contribution is 0.263. The second-order valence-corrected chi connectivity index (χ2v) is 6.11. The molecule has 2 unspecified atom stereocenters. The predicted molar refractivity (Wildman–Crippen MR) is 62.1 cm³/mol. The van der Waals surface area contributed by atoms with Gasteiger partial charge in [0.1, 0.15) is 0 Å². The van der Waals surface area contributed by atoms with Gasteiger partial charge in [-0.2, -0.15) is 0 Å². The Morgan fingerprint density at radius 3 is 2.33 bits per heavy atom. The average molecular weight is 237 g/mol. The molecule has 0 aromatic carbocycles. The smallest absolute Gasteiger partial charge is 0.211 e. The lowest BCUT2D eigenvalue weighted by Crippen LogP contribution is -2.32. The molecule has 0 saturated carbocycles. The van der Waals surface area contributed by atoms with Crippen LogP contribution in [0.25, 0.3) is 0 Å². The lowest BCUT2D eigenvalue weighted by Gasteiger charge is -2.13. The van der Waals surface area contributed by atoms with Crippen molar-refractivity contribution < 1.29 is 13.5 Å². The van der Waals surface area contributed by atoms with Gasteiger partial charge in [0.15, 0.2) is 0 Å². The summed E-state index contributed by atoms with van der Waals surface area (Å²) in [5, 5.41) is 8.67. The first-order valence-electron chi connectivity index (χ1n) is 5.49. The van der Waals surface area contributed by atoms with E-state index in [4.69, 9.17) is 5.11 Å². The molecule has 0 spiro atoms. The molecule has 0 aromatic rings. The van der Waals surface area contributed by atoms with E-state index in [2.05, 4.69) is 4.72 Å². The number of rotatable bonds is 8. The lowest BCUT2D eigenvalue weighted by atomic mass is 10.1. The molecule has 0 saturated heterocycles. The van der Waals surface area contributed by atoms with E-state index in [1.54, 1.807) is 0 Å². The highest BCUT2D eigenvalue weighted by Gasteiger charge is 2.15. The first-order chi connectivity index (χ1) is 6.91. The van der Waals surface area contributed by atoms with Crippen LogP contribution in [0.1, 0.15) is 33.6 Å². The van der Waals surface area contributed by atoms with Crippen molar-refractivity contribution in [1.29, 1.82) is 0 Å². The zero-order valence-corrected chi connectivity index (χ0v) is 10.7. The highest BCUT2D eigenvalue weighted by Crippen LogP contribution is 2.05. The summed E-state index contributed by atoms with van der Waals surface area (Å²) in [6, 6.07) is 0.